The van der Waals surface area contributed by atoms with Crippen LogP contribution >= 0.6 is 11.8 Å². The molecule has 10 heteroatoms. The Bertz CT molecular complexity index is 1060. The molecule has 0 unspecified atom stereocenters. The van der Waals surface area contributed by atoms with Gasteiger partial charge in [-0.1, -0.05) is 42.1 Å². The second-order valence-corrected chi connectivity index (χ2v) is 7.41. The number of nitrogens with zero attached hydrogens (tertiary/aromatic N) is 3. The van der Waals surface area contributed by atoms with Crippen LogP contribution in [0.2, 0.25) is 0 Å². The van der Waals surface area contributed by atoms with E-state index in [2.05, 4.69) is 25.0 Å². The number of anilines is 1. The van der Waals surface area contributed by atoms with Crippen molar-refractivity contribution >= 4 is 23.4 Å². The van der Waals surface area contributed by atoms with E-state index in [1.54, 1.807) is 0 Å². The number of carbonyl (C=O) groups excluding carboxylic acids is 1. The summed E-state index contributed by atoms with van der Waals surface area (Å²) in [4.78, 5) is 12.3. The predicted octanol–water partition coefficient (Wildman–Crippen LogP) is 3.94. The van der Waals surface area contributed by atoms with E-state index in [0.717, 1.165) is 11.4 Å². The van der Waals surface area contributed by atoms with Crippen molar-refractivity contribution in [2.24, 2.45) is 0 Å². The van der Waals surface area contributed by atoms with Gasteiger partial charge < -0.3 is 19.4 Å². The minimum Gasteiger partial charge on any atom is -0.395 e. The normalized spacial score (nSPS) is 14.0. The fourth-order valence-corrected chi connectivity index (χ4v) is 3.83. The molecule has 1 aliphatic rings. The van der Waals surface area contributed by atoms with E-state index in [1.807, 2.05) is 41.8 Å². The summed E-state index contributed by atoms with van der Waals surface area (Å²) in [7, 11) is 0. The van der Waals surface area contributed by atoms with Gasteiger partial charge in [0.05, 0.1) is 5.75 Å². The molecule has 0 spiro atoms. The van der Waals surface area contributed by atoms with Crippen molar-refractivity contribution in [2.45, 2.75) is 31.3 Å². The van der Waals surface area contributed by atoms with Crippen LogP contribution in [0.15, 0.2) is 53.7 Å². The van der Waals surface area contributed by atoms with Crippen LogP contribution < -0.4 is 14.8 Å². The summed E-state index contributed by atoms with van der Waals surface area (Å²) >= 11 is 1.26. The number of carbonyl (C=O) groups is 1. The molecule has 0 fully saturated rings. The highest BCUT2D eigenvalue weighted by Gasteiger charge is 2.43. The molecule has 1 aromatic heterocycles. The van der Waals surface area contributed by atoms with Gasteiger partial charge in [-0.15, -0.1) is 19.0 Å². The molecule has 0 saturated heterocycles. The number of ether oxygens (including phenoxy) is 2. The number of rotatable bonds is 7. The monoisotopic (exact) mass is 432 g/mol. The van der Waals surface area contributed by atoms with Crippen molar-refractivity contribution in [3.63, 3.8) is 0 Å². The molecule has 7 nitrogen and oxygen atoms in total. The lowest BCUT2D eigenvalue weighted by molar-refractivity contribution is -0.286. The van der Waals surface area contributed by atoms with Crippen LogP contribution in [-0.4, -0.2) is 32.7 Å². The van der Waals surface area contributed by atoms with Gasteiger partial charge in [-0.2, -0.15) is 0 Å². The van der Waals surface area contributed by atoms with E-state index < -0.39 is 6.29 Å². The maximum absolute atomic E-state index is 13.1. The maximum atomic E-state index is 13.1. The summed E-state index contributed by atoms with van der Waals surface area (Å²) < 4.78 is 36.9. The Kier molecular flexibility index (Phi) is 5.58. The molecule has 0 atom stereocenters. The predicted molar refractivity (Wildman–Crippen MR) is 107 cm³/mol. The zero-order valence-electron chi connectivity index (χ0n) is 16.0. The number of benzene rings is 2. The summed E-state index contributed by atoms with van der Waals surface area (Å²) in [6, 6.07) is 14.0. The molecule has 4 rings (SSSR count). The van der Waals surface area contributed by atoms with Gasteiger partial charge in [-0.05, 0) is 24.6 Å². The van der Waals surface area contributed by atoms with Crippen molar-refractivity contribution in [1.29, 1.82) is 0 Å². The van der Waals surface area contributed by atoms with Crippen molar-refractivity contribution in [2.75, 3.05) is 11.1 Å². The minimum absolute atomic E-state index is 0.0747. The third-order valence-corrected chi connectivity index (χ3v) is 5.30. The van der Waals surface area contributed by atoms with Crippen molar-refractivity contribution < 1.29 is 23.0 Å². The SMILES string of the molecule is CCn1c(Cc2ccccc2)nnc1SCC(=O)Nc1ccc2c(c1)OC(F)(F)O2. The first-order valence-corrected chi connectivity index (χ1v) is 10.2. The second-order valence-electron chi connectivity index (χ2n) is 6.47. The van der Waals surface area contributed by atoms with Crippen LogP contribution in [0.4, 0.5) is 14.5 Å². The molecule has 2 aromatic carbocycles. The number of amides is 1. The first-order valence-electron chi connectivity index (χ1n) is 9.22. The van der Waals surface area contributed by atoms with Gasteiger partial charge in [0.1, 0.15) is 5.82 Å². The van der Waals surface area contributed by atoms with Crippen LogP contribution in [0.3, 0.4) is 0 Å². The van der Waals surface area contributed by atoms with Gasteiger partial charge >= 0.3 is 6.29 Å². The maximum Gasteiger partial charge on any atom is 0.586 e. The molecular formula is C20H18F2N4O3S. The van der Waals surface area contributed by atoms with E-state index in [9.17, 15) is 13.6 Å². The van der Waals surface area contributed by atoms with Gasteiger partial charge in [0.25, 0.3) is 0 Å². The number of nitrogens with one attached hydrogen (secondary N) is 1. The Hall–Kier alpha value is -3.14. The van der Waals surface area contributed by atoms with Crippen LogP contribution in [0.25, 0.3) is 0 Å². The molecular weight excluding hydrogens is 414 g/mol. The van der Waals surface area contributed by atoms with Gasteiger partial charge in [-0.3, -0.25) is 4.79 Å². The lowest BCUT2D eigenvalue weighted by Gasteiger charge is -2.08. The first kappa shape index (κ1) is 20.1. The fourth-order valence-electron chi connectivity index (χ4n) is 3.01. The van der Waals surface area contributed by atoms with Crippen LogP contribution in [-0.2, 0) is 17.8 Å². The molecule has 0 radical (unpaired) electrons. The molecule has 1 amide bonds. The third-order valence-electron chi connectivity index (χ3n) is 4.33. The molecule has 0 aliphatic carbocycles. The summed E-state index contributed by atoms with van der Waals surface area (Å²) in [5, 5.41) is 11.8. The Labute approximate surface area is 175 Å². The molecule has 156 valence electrons. The van der Waals surface area contributed by atoms with Crippen LogP contribution in [0, 0.1) is 0 Å². The van der Waals surface area contributed by atoms with Crippen LogP contribution in [0.1, 0.15) is 18.3 Å². The lowest BCUT2D eigenvalue weighted by Crippen LogP contribution is -2.25. The Morgan fingerprint density at radius 2 is 1.90 bits per heavy atom. The van der Waals surface area contributed by atoms with Crippen molar-refractivity contribution in [3.05, 3.63) is 59.9 Å². The van der Waals surface area contributed by atoms with E-state index in [0.29, 0.717) is 23.8 Å². The molecule has 3 aromatic rings. The highest BCUT2D eigenvalue weighted by Crippen LogP contribution is 2.42. The molecule has 0 bridgehead atoms. The quantitative estimate of drug-likeness (QED) is 0.570. The van der Waals surface area contributed by atoms with Crippen molar-refractivity contribution in [1.82, 2.24) is 14.8 Å². The topological polar surface area (TPSA) is 78.3 Å². The highest BCUT2D eigenvalue weighted by molar-refractivity contribution is 7.99. The average Bonchev–Trinajstić information content (AvgIpc) is 3.24. The van der Waals surface area contributed by atoms with Gasteiger partial charge in [0.15, 0.2) is 16.7 Å². The molecule has 30 heavy (non-hydrogen) atoms. The summed E-state index contributed by atoms with van der Waals surface area (Å²) in [5.74, 6) is 0.411. The van der Waals surface area contributed by atoms with Gasteiger partial charge in [0, 0.05) is 24.7 Å². The Balaban J connectivity index is 1.36. The molecule has 1 N–H and O–H groups in total. The minimum atomic E-state index is -3.69. The molecule has 1 aliphatic heterocycles. The lowest BCUT2D eigenvalue weighted by atomic mass is 10.1. The number of alkyl halides is 2. The third kappa shape index (κ3) is 4.54. The largest absolute Gasteiger partial charge is 0.586 e. The number of hydrogen-bond donors (Lipinski definition) is 1. The van der Waals surface area contributed by atoms with E-state index in [-0.39, 0.29) is 23.2 Å². The van der Waals surface area contributed by atoms with Gasteiger partial charge in [-0.25, -0.2) is 0 Å². The zero-order valence-corrected chi connectivity index (χ0v) is 16.8. The highest BCUT2D eigenvalue weighted by atomic mass is 32.2. The van der Waals surface area contributed by atoms with Gasteiger partial charge in [0.2, 0.25) is 5.91 Å². The van der Waals surface area contributed by atoms with E-state index in [1.165, 1.54) is 30.0 Å². The summed E-state index contributed by atoms with van der Waals surface area (Å²) in [6.45, 7) is 2.67. The first-order chi connectivity index (χ1) is 14.4. The summed E-state index contributed by atoms with van der Waals surface area (Å²) in [6.07, 6.45) is -3.04. The van der Waals surface area contributed by atoms with Crippen LogP contribution in [0.5, 0.6) is 11.5 Å². The number of thioether (sulfide) groups is 1. The number of halogens is 2. The molecule has 0 saturated carbocycles. The second kappa shape index (κ2) is 8.31. The Morgan fingerprint density at radius 3 is 2.67 bits per heavy atom. The smallest absolute Gasteiger partial charge is 0.395 e. The number of fused-ring (bicyclic) bond motifs is 1. The number of aromatic nitrogens is 3. The average molecular weight is 432 g/mol. The number of hydrogen-bond acceptors (Lipinski definition) is 6. The fraction of sp³-hybridized carbons (Fsp3) is 0.250. The Morgan fingerprint density at radius 1 is 1.13 bits per heavy atom. The zero-order chi connectivity index (χ0) is 21.1. The summed E-state index contributed by atoms with van der Waals surface area (Å²) in [5.41, 5.74) is 1.46. The van der Waals surface area contributed by atoms with Crippen molar-refractivity contribution in [3.8, 4) is 11.5 Å². The van der Waals surface area contributed by atoms with E-state index in [4.69, 9.17) is 0 Å². The standard InChI is InChI=1S/C20H18F2N4O3S/c1-2-26-17(10-13-6-4-3-5-7-13)24-25-19(26)30-12-18(27)23-14-8-9-15-16(11-14)29-20(21,22)28-15/h3-9,11H,2,10,12H2,1H3,(H,23,27). The molecule has 2 heterocycles. The van der Waals surface area contributed by atoms with E-state index >= 15 is 0 Å².